The van der Waals surface area contributed by atoms with Gasteiger partial charge in [-0.3, -0.25) is 0 Å². The summed E-state index contributed by atoms with van der Waals surface area (Å²) in [5.74, 6) is -0.260. The predicted molar refractivity (Wildman–Crippen MR) is 65.6 cm³/mol. The molecule has 4 nitrogen and oxygen atoms in total. The third-order valence-electron chi connectivity index (χ3n) is 3.01. The van der Waals surface area contributed by atoms with Gasteiger partial charge in [0.05, 0.1) is 6.20 Å². The van der Waals surface area contributed by atoms with Gasteiger partial charge < -0.3 is 5.32 Å². The summed E-state index contributed by atoms with van der Waals surface area (Å²) in [6, 6.07) is 5.32. The summed E-state index contributed by atoms with van der Waals surface area (Å²) < 4.78 is 15.8. The van der Waals surface area contributed by atoms with Gasteiger partial charge in [0.25, 0.3) is 0 Å². The van der Waals surface area contributed by atoms with Crippen molar-refractivity contribution in [1.82, 2.24) is 20.3 Å². The Hall–Kier alpha value is -2.01. The second-order valence-electron chi connectivity index (χ2n) is 4.11. The standard InChI is InChI=1S/C13H12FN4/c14-13-11(10-4-6-15-7-5-10)2-1-3-12(13)18-9-8-16-17-18/h1-4,9,15H,5-7H2. The monoisotopic (exact) mass is 243 g/mol. The highest BCUT2D eigenvalue weighted by molar-refractivity contribution is 5.69. The van der Waals surface area contributed by atoms with Gasteiger partial charge in [0.1, 0.15) is 11.9 Å². The molecule has 18 heavy (non-hydrogen) atoms. The fraction of sp³-hybridized carbons (Fsp3) is 0.231. The maximum absolute atomic E-state index is 14.5. The summed E-state index contributed by atoms with van der Waals surface area (Å²) in [5.41, 5.74) is 2.09. The van der Waals surface area contributed by atoms with Crippen LogP contribution in [0.15, 0.2) is 30.5 Å². The summed E-state index contributed by atoms with van der Waals surface area (Å²) in [6.07, 6.45) is 6.94. The SMILES string of the molecule is Fc1c(C2=CCNCC2)cccc1-n1c[c]nn1. The van der Waals surface area contributed by atoms with Crippen LogP contribution < -0.4 is 5.32 Å². The topological polar surface area (TPSA) is 42.7 Å². The van der Waals surface area contributed by atoms with Crippen LogP contribution in [0.2, 0.25) is 0 Å². The summed E-state index contributed by atoms with van der Waals surface area (Å²) in [5, 5.41) is 10.6. The van der Waals surface area contributed by atoms with E-state index < -0.39 is 0 Å². The van der Waals surface area contributed by atoms with Crippen LogP contribution >= 0.6 is 0 Å². The van der Waals surface area contributed by atoms with E-state index in [1.54, 1.807) is 12.1 Å². The zero-order chi connectivity index (χ0) is 12.4. The van der Waals surface area contributed by atoms with E-state index in [0.717, 1.165) is 25.1 Å². The van der Waals surface area contributed by atoms with Crippen LogP contribution in [0.5, 0.6) is 0 Å². The van der Waals surface area contributed by atoms with E-state index in [2.05, 4.69) is 21.8 Å². The lowest BCUT2D eigenvalue weighted by molar-refractivity contribution is 0.601. The Morgan fingerprint density at radius 3 is 3.06 bits per heavy atom. The van der Waals surface area contributed by atoms with Gasteiger partial charge in [0.2, 0.25) is 0 Å². The van der Waals surface area contributed by atoms with Crippen LogP contribution in [0.1, 0.15) is 12.0 Å². The molecule has 2 aromatic rings. The molecule has 0 amide bonds. The molecule has 1 aliphatic heterocycles. The van der Waals surface area contributed by atoms with Crippen molar-refractivity contribution in [3.05, 3.63) is 48.0 Å². The van der Waals surface area contributed by atoms with Crippen LogP contribution in [0.3, 0.4) is 0 Å². The number of aromatic nitrogens is 3. The first-order chi connectivity index (χ1) is 8.86. The van der Waals surface area contributed by atoms with E-state index in [1.807, 2.05) is 12.1 Å². The van der Waals surface area contributed by atoms with Crippen LogP contribution in [0.25, 0.3) is 11.3 Å². The zero-order valence-corrected chi connectivity index (χ0v) is 9.73. The van der Waals surface area contributed by atoms with Crippen molar-refractivity contribution in [2.24, 2.45) is 0 Å². The minimum Gasteiger partial charge on any atom is -0.313 e. The van der Waals surface area contributed by atoms with Crippen LogP contribution in [0, 0.1) is 12.0 Å². The molecule has 0 fully saturated rings. The summed E-state index contributed by atoms with van der Waals surface area (Å²) >= 11 is 0. The van der Waals surface area contributed by atoms with Crippen LogP contribution in [-0.2, 0) is 0 Å². The second kappa shape index (κ2) is 4.70. The molecule has 0 saturated carbocycles. The molecule has 0 spiro atoms. The third-order valence-corrected chi connectivity index (χ3v) is 3.01. The average Bonchev–Trinajstić information content (AvgIpc) is 2.94. The molecule has 3 rings (SSSR count). The first-order valence-electron chi connectivity index (χ1n) is 5.83. The molecular formula is C13H12FN4. The smallest absolute Gasteiger partial charge is 0.156 e. The number of benzene rings is 1. The van der Waals surface area contributed by atoms with Gasteiger partial charge in [-0.2, -0.15) is 0 Å². The Labute approximate surface area is 104 Å². The number of hydrogen-bond acceptors (Lipinski definition) is 3. The Balaban J connectivity index is 2.06. The minimum atomic E-state index is -0.260. The van der Waals surface area contributed by atoms with Crippen molar-refractivity contribution in [2.45, 2.75) is 6.42 Å². The van der Waals surface area contributed by atoms with E-state index in [9.17, 15) is 4.39 Å². The van der Waals surface area contributed by atoms with Gasteiger partial charge in [-0.1, -0.05) is 23.4 Å². The van der Waals surface area contributed by atoms with Crippen LogP contribution in [0.4, 0.5) is 4.39 Å². The minimum absolute atomic E-state index is 0.260. The largest absolute Gasteiger partial charge is 0.313 e. The van der Waals surface area contributed by atoms with E-state index in [4.69, 9.17) is 0 Å². The van der Waals surface area contributed by atoms with Gasteiger partial charge in [0, 0.05) is 12.1 Å². The third kappa shape index (κ3) is 1.93. The van der Waals surface area contributed by atoms with E-state index in [0.29, 0.717) is 11.3 Å². The quantitative estimate of drug-likeness (QED) is 0.871. The Morgan fingerprint density at radius 2 is 2.33 bits per heavy atom. The molecular weight excluding hydrogens is 231 g/mol. The Bertz CT molecular complexity index is 575. The molecule has 0 atom stereocenters. The van der Waals surface area contributed by atoms with Gasteiger partial charge in [-0.15, -0.1) is 5.10 Å². The number of nitrogens with zero attached hydrogens (tertiary/aromatic N) is 3. The zero-order valence-electron chi connectivity index (χ0n) is 9.73. The Morgan fingerprint density at radius 1 is 1.39 bits per heavy atom. The molecule has 1 radical (unpaired) electrons. The molecule has 91 valence electrons. The van der Waals surface area contributed by atoms with Crippen molar-refractivity contribution in [3.63, 3.8) is 0 Å². The highest BCUT2D eigenvalue weighted by Crippen LogP contribution is 2.25. The molecule has 5 heteroatoms. The molecule has 1 aliphatic rings. The highest BCUT2D eigenvalue weighted by Gasteiger charge is 2.14. The average molecular weight is 243 g/mol. The highest BCUT2D eigenvalue weighted by atomic mass is 19.1. The maximum atomic E-state index is 14.5. The summed E-state index contributed by atoms with van der Waals surface area (Å²) in [7, 11) is 0. The van der Waals surface area contributed by atoms with Crippen molar-refractivity contribution >= 4 is 5.57 Å². The van der Waals surface area contributed by atoms with Gasteiger partial charge >= 0.3 is 0 Å². The molecule has 1 aromatic carbocycles. The van der Waals surface area contributed by atoms with E-state index in [1.165, 1.54) is 10.9 Å². The summed E-state index contributed by atoms with van der Waals surface area (Å²) in [4.78, 5) is 0. The lowest BCUT2D eigenvalue weighted by atomic mass is 9.99. The Kier molecular flexibility index (Phi) is 2.90. The van der Waals surface area contributed by atoms with Gasteiger partial charge in [-0.05, 0) is 24.6 Å². The van der Waals surface area contributed by atoms with Crippen molar-refractivity contribution < 1.29 is 4.39 Å². The maximum Gasteiger partial charge on any atom is 0.156 e. The number of rotatable bonds is 2. The molecule has 0 bridgehead atoms. The predicted octanol–water partition coefficient (Wildman–Crippen LogP) is 1.58. The van der Waals surface area contributed by atoms with E-state index >= 15 is 0 Å². The van der Waals surface area contributed by atoms with Crippen molar-refractivity contribution in [3.8, 4) is 5.69 Å². The lowest BCUT2D eigenvalue weighted by Gasteiger charge is -2.16. The first-order valence-corrected chi connectivity index (χ1v) is 5.83. The lowest BCUT2D eigenvalue weighted by Crippen LogP contribution is -2.20. The van der Waals surface area contributed by atoms with Crippen molar-refractivity contribution in [1.29, 1.82) is 0 Å². The van der Waals surface area contributed by atoms with Gasteiger partial charge in [0.15, 0.2) is 5.82 Å². The number of hydrogen-bond donors (Lipinski definition) is 1. The number of nitrogens with one attached hydrogen (secondary N) is 1. The number of halogens is 1. The first kappa shape index (κ1) is 11.1. The molecule has 1 aromatic heterocycles. The van der Waals surface area contributed by atoms with Crippen molar-refractivity contribution in [2.75, 3.05) is 13.1 Å². The van der Waals surface area contributed by atoms with Crippen LogP contribution in [-0.4, -0.2) is 28.1 Å². The normalized spacial score (nSPS) is 15.5. The van der Waals surface area contributed by atoms with E-state index in [-0.39, 0.29) is 5.82 Å². The molecule has 0 saturated heterocycles. The fourth-order valence-corrected chi connectivity index (χ4v) is 2.11. The fourth-order valence-electron chi connectivity index (χ4n) is 2.11. The molecule has 0 aliphatic carbocycles. The molecule has 2 heterocycles. The second-order valence-corrected chi connectivity index (χ2v) is 4.11. The summed E-state index contributed by atoms with van der Waals surface area (Å²) in [6.45, 7) is 1.67. The van der Waals surface area contributed by atoms with Gasteiger partial charge in [-0.25, -0.2) is 9.07 Å². The molecule has 0 unspecified atom stereocenters. The molecule has 1 N–H and O–H groups in total.